The van der Waals surface area contributed by atoms with Gasteiger partial charge in [-0.05, 0) is 49.6 Å². The van der Waals surface area contributed by atoms with Crippen molar-refractivity contribution in [2.24, 2.45) is 0 Å². The van der Waals surface area contributed by atoms with Crippen molar-refractivity contribution in [3.63, 3.8) is 0 Å². The lowest BCUT2D eigenvalue weighted by Gasteiger charge is -2.36. The number of benzene rings is 2. The molecule has 1 heterocycles. The molecule has 5 nitrogen and oxygen atoms in total. The van der Waals surface area contributed by atoms with Gasteiger partial charge in [-0.2, -0.15) is 0 Å². The summed E-state index contributed by atoms with van der Waals surface area (Å²) in [6.45, 7) is 4.03. The van der Waals surface area contributed by atoms with Crippen LogP contribution in [0.2, 0.25) is 0 Å². The van der Waals surface area contributed by atoms with Gasteiger partial charge in [0.15, 0.2) is 0 Å². The second kappa shape index (κ2) is 6.84. The van der Waals surface area contributed by atoms with Gasteiger partial charge >= 0.3 is 0 Å². The number of hydrogen-bond donors (Lipinski definition) is 2. The van der Waals surface area contributed by atoms with Gasteiger partial charge < -0.3 is 15.3 Å². The smallest absolute Gasteiger partial charge is 0.254 e. The highest BCUT2D eigenvalue weighted by molar-refractivity contribution is 5.98. The third-order valence-electron chi connectivity index (χ3n) is 4.58. The van der Waals surface area contributed by atoms with Crippen molar-refractivity contribution in [2.45, 2.75) is 38.3 Å². The van der Waals surface area contributed by atoms with Crippen LogP contribution in [0.4, 0.5) is 0 Å². The van der Waals surface area contributed by atoms with E-state index in [-0.39, 0.29) is 17.9 Å². The summed E-state index contributed by atoms with van der Waals surface area (Å²) in [5, 5.41) is 15.0. The van der Waals surface area contributed by atoms with Gasteiger partial charge in [-0.3, -0.25) is 9.59 Å². The molecular formula is C20H24N2O3. The zero-order valence-corrected chi connectivity index (χ0v) is 14.7. The van der Waals surface area contributed by atoms with Gasteiger partial charge in [0.2, 0.25) is 0 Å². The number of nitrogens with zero attached hydrogens (tertiary/aromatic N) is 1. The van der Waals surface area contributed by atoms with E-state index in [1.54, 1.807) is 4.90 Å². The number of carbonyl (C=O) groups excluding carboxylic acids is 2. The van der Waals surface area contributed by atoms with Crippen molar-refractivity contribution in [2.75, 3.05) is 13.1 Å². The molecule has 3 rings (SSSR count). The van der Waals surface area contributed by atoms with Gasteiger partial charge in [-0.1, -0.05) is 30.3 Å². The highest BCUT2D eigenvalue weighted by atomic mass is 16.3. The van der Waals surface area contributed by atoms with Crippen LogP contribution in [0.1, 0.15) is 37.0 Å². The number of carbonyl (C=O) groups is 2. The first-order valence-electron chi connectivity index (χ1n) is 8.66. The van der Waals surface area contributed by atoms with E-state index in [1.807, 2.05) is 42.5 Å². The molecule has 0 radical (unpaired) electrons. The molecule has 132 valence electrons. The number of piperidine rings is 1. The number of likely N-dealkylation sites (tertiary alicyclic amines) is 1. The van der Waals surface area contributed by atoms with Gasteiger partial charge in [0.1, 0.15) is 5.60 Å². The molecule has 1 aliphatic rings. The molecule has 2 aromatic carbocycles. The molecule has 0 aliphatic carbocycles. The fourth-order valence-electron chi connectivity index (χ4n) is 3.27. The van der Waals surface area contributed by atoms with Crippen molar-refractivity contribution in [1.82, 2.24) is 10.2 Å². The maximum atomic E-state index is 12.6. The van der Waals surface area contributed by atoms with Gasteiger partial charge in [0.05, 0.1) is 0 Å². The summed E-state index contributed by atoms with van der Waals surface area (Å²) >= 11 is 0. The lowest BCUT2D eigenvalue weighted by Crippen LogP contribution is -2.54. The Bertz CT molecular complexity index is 795. The summed E-state index contributed by atoms with van der Waals surface area (Å²) in [6.07, 6.45) is 1.64. The molecule has 25 heavy (non-hydrogen) atoms. The summed E-state index contributed by atoms with van der Waals surface area (Å²) in [5.41, 5.74) is -0.769. The Morgan fingerprint density at radius 1 is 1.16 bits per heavy atom. The second-order valence-corrected chi connectivity index (χ2v) is 7.18. The standard InChI is InChI=1S/C20H24N2O3/c1-20(2,25)19(24)22-11-5-8-17(13-22)21-18(23)16-10-9-14-6-3-4-7-15(14)12-16/h3-4,6-7,9-10,12,17,25H,5,8,11,13H2,1-2H3,(H,21,23)/t17-/m1/s1. The largest absolute Gasteiger partial charge is 0.381 e. The van der Waals surface area contributed by atoms with Crippen LogP contribution < -0.4 is 5.32 Å². The SMILES string of the molecule is CC(C)(O)C(=O)N1CCC[C@@H](NC(=O)c2ccc3ccccc3c2)C1. The monoisotopic (exact) mass is 340 g/mol. The molecule has 1 atom stereocenters. The number of hydrogen-bond acceptors (Lipinski definition) is 3. The fourth-order valence-corrected chi connectivity index (χ4v) is 3.27. The third kappa shape index (κ3) is 3.99. The Hall–Kier alpha value is -2.40. The lowest BCUT2D eigenvalue weighted by atomic mass is 10.0. The van der Waals surface area contributed by atoms with Gasteiger partial charge in [-0.15, -0.1) is 0 Å². The molecule has 2 aromatic rings. The van der Waals surface area contributed by atoms with Crippen LogP contribution in [0.5, 0.6) is 0 Å². The quantitative estimate of drug-likeness (QED) is 0.901. The van der Waals surface area contributed by atoms with E-state index in [0.29, 0.717) is 18.7 Å². The van der Waals surface area contributed by atoms with Crippen LogP contribution in [0, 0.1) is 0 Å². The highest BCUT2D eigenvalue weighted by Gasteiger charge is 2.33. The van der Waals surface area contributed by atoms with Gasteiger partial charge in [-0.25, -0.2) is 0 Å². The second-order valence-electron chi connectivity index (χ2n) is 7.18. The number of nitrogens with one attached hydrogen (secondary N) is 1. The summed E-state index contributed by atoms with van der Waals surface area (Å²) in [6, 6.07) is 13.5. The van der Waals surface area contributed by atoms with Crippen LogP contribution in [-0.2, 0) is 4.79 Å². The summed E-state index contributed by atoms with van der Waals surface area (Å²) < 4.78 is 0. The average Bonchev–Trinajstić information content (AvgIpc) is 2.60. The molecule has 1 fully saturated rings. The van der Waals surface area contributed by atoms with E-state index >= 15 is 0 Å². The molecule has 2 amide bonds. The predicted molar refractivity (Wildman–Crippen MR) is 97.3 cm³/mol. The van der Waals surface area contributed by atoms with Gasteiger partial charge in [0.25, 0.3) is 11.8 Å². The number of rotatable bonds is 3. The zero-order valence-electron chi connectivity index (χ0n) is 14.7. The zero-order chi connectivity index (χ0) is 18.0. The summed E-state index contributed by atoms with van der Waals surface area (Å²) in [7, 11) is 0. The average molecular weight is 340 g/mol. The minimum atomic E-state index is -1.38. The highest BCUT2D eigenvalue weighted by Crippen LogP contribution is 2.18. The van der Waals surface area contributed by atoms with E-state index in [4.69, 9.17) is 0 Å². The third-order valence-corrected chi connectivity index (χ3v) is 4.58. The van der Waals surface area contributed by atoms with E-state index < -0.39 is 5.60 Å². The molecule has 1 aliphatic heterocycles. The summed E-state index contributed by atoms with van der Waals surface area (Å²) in [5.74, 6) is -0.425. The molecule has 0 unspecified atom stereocenters. The maximum Gasteiger partial charge on any atom is 0.254 e. The van der Waals surface area contributed by atoms with Crippen LogP contribution in [0.25, 0.3) is 10.8 Å². The Morgan fingerprint density at radius 3 is 2.60 bits per heavy atom. The minimum Gasteiger partial charge on any atom is -0.381 e. The van der Waals surface area contributed by atoms with Crippen LogP contribution in [0.15, 0.2) is 42.5 Å². The fraction of sp³-hybridized carbons (Fsp3) is 0.400. The number of aliphatic hydroxyl groups is 1. The van der Waals surface area contributed by atoms with Crippen LogP contribution in [0.3, 0.4) is 0 Å². The normalized spacial score (nSPS) is 18.2. The van der Waals surface area contributed by atoms with Crippen molar-refractivity contribution in [3.8, 4) is 0 Å². The first kappa shape index (κ1) is 17.4. The first-order valence-corrected chi connectivity index (χ1v) is 8.66. The molecule has 5 heteroatoms. The molecular weight excluding hydrogens is 316 g/mol. The Morgan fingerprint density at radius 2 is 1.88 bits per heavy atom. The van der Waals surface area contributed by atoms with Crippen molar-refractivity contribution < 1.29 is 14.7 Å². The van der Waals surface area contributed by atoms with Gasteiger partial charge in [0, 0.05) is 24.7 Å². The van der Waals surface area contributed by atoms with Crippen LogP contribution in [-0.4, -0.2) is 46.6 Å². The summed E-state index contributed by atoms with van der Waals surface area (Å²) in [4.78, 5) is 26.4. The van der Waals surface area contributed by atoms with E-state index in [2.05, 4.69) is 5.32 Å². The van der Waals surface area contributed by atoms with E-state index in [9.17, 15) is 14.7 Å². The molecule has 0 spiro atoms. The van der Waals surface area contributed by atoms with Crippen molar-refractivity contribution >= 4 is 22.6 Å². The maximum absolute atomic E-state index is 12.6. The van der Waals surface area contributed by atoms with E-state index in [1.165, 1.54) is 13.8 Å². The number of fused-ring (bicyclic) bond motifs is 1. The lowest BCUT2D eigenvalue weighted by molar-refractivity contribution is -0.149. The molecule has 2 N–H and O–H groups in total. The molecule has 0 bridgehead atoms. The Kier molecular flexibility index (Phi) is 4.77. The first-order chi connectivity index (χ1) is 11.8. The van der Waals surface area contributed by atoms with E-state index in [0.717, 1.165) is 23.6 Å². The molecule has 0 aromatic heterocycles. The van der Waals surface area contributed by atoms with Crippen molar-refractivity contribution in [1.29, 1.82) is 0 Å². The molecule has 1 saturated heterocycles. The topological polar surface area (TPSA) is 69.6 Å². The Labute approximate surface area is 147 Å². The minimum absolute atomic E-state index is 0.0981. The van der Waals surface area contributed by atoms with Crippen molar-refractivity contribution in [3.05, 3.63) is 48.0 Å². The molecule has 0 saturated carbocycles. The number of amides is 2. The predicted octanol–water partition coefficient (Wildman–Crippen LogP) is 2.33. The van der Waals surface area contributed by atoms with Crippen LogP contribution >= 0.6 is 0 Å². The Balaban J connectivity index is 1.68.